The fraction of sp³-hybridized carbons (Fsp3) is 0.240. The van der Waals surface area contributed by atoms with Crippen LogP contribution in [0.4, 0.5) is 0 Å². The van der Waals surface area contributed by atoms with Crippen LogP contribution in [0.1, 0.15) is 27.7 Å². The van der Waals surface area contributed by atoms with Crippen LogP contribution in [-0.2, 0) is 0 Å². The Morgan fingerprint density at radius 3 is 1.79 bits per heavy atom. The molecule has 0 amide bonds. The van der Waals surface area contributed by atoms with Gasteiger partial charge in [-0.3, -0.25) is 0 Å². The van der Waals surface area contributed by atoms with Crippen LogP contribution in [-0.4, -0.2) is 21.6 Å². The molecule has 0 atom stereocenters. The zero-order valence-corrected chi connectivity index (χ0v) is 17.3. The first-order valence-electron chi connectivity index (χ1n) is 10.0. The fourth-order valence-corrected chi connectivity index (χ4v) is 3.35. The molecule has 0 aliphatic heterocycles. The van der Waals surface area contributed by atoms with Gasteiger partial charge in [0, 0.05) is 11.8 Å². The molecule has 0 aliphatic carbocycles. The van der Waals surface area contributed by atoms with Gasteiger partial charge in [0.2, 0.25) is 0 Å². The van der Waals surface area contributed by atoms with Gasteiger partial charge in [-0.05, 0) is 87.4 Å². The number of ether oxygens (including phenoxy) is 2. The van der Waals surface area contributed by atoms with Crippen molar-refractivity contribution in [3.8, 4) is 33.9 Å². The van der Waals surface area contributed by atoms with Gasteiger partial charge in [-0.25, -0.2) is 4.98 Å². The molecule has 0 bridgehead atoms. The lowest BCUT2D eigenvalue weighted by Crippen LogP contribution is -2.05. The second kappa shape index (κ2) is 8.00. The van der Waals surface area contributed by atoms with Crippen LogP contribution < -0.4 is 9.47 Å². The number of fused-ring (bicyclic) bond motifs is 1. The van der Waals surface area contributed by atoms with Crippen molar-refractivity contribution in [2.24, 2.45) is 0 Å². The number of nitrogens with zero attached hydrogens (tertiary/aromatic N) is 2. The molecule has 29 heavy (non-hydrogen) atoms. The van der Waals surface area contributed by atoms with E-state index >= 15 is 0 Å². The van der Waals surface area contributed by atoms with Crippen molar-refractivity contribution >= 4 is 5.52 Å². The van der Waals surface area contributed by atoms with Gasteiger partial charge < -0.3 is 13.9 Å². The predicted molar refractivity (Wildman–Crippen MR) is 118 cm³/mol. The quantitative estimate of drug-likeness (QED) is 0.393. The maximum absolute atomic E-state index is 5.75. The molecule has 4 rings (SSSR count). The molecule has 0 saturated heterocycles. The van der Waals surface area contributed by atoms with Crippen LogP contribution in [0.25, 0.3) is 27.9 Å². The lowest BCUT2D eigenvalue weighted by atomic mass is 10.0. The molecule has 2 aromatic heterocycles. The van der Waals surface area contributed by atoms with Crippen molar-refractivity contribution in [1.29, 1.82) is 0 Å². The van der Waals surface area contributed by atoms with E-state index in [1.807, 2.05) is 62.7 Å². The highest BCUT2D eigenvalue weighted by atomic mass is 16.5. The second-order valence-electron chi connectivity index (χ2n) is 7.68. The highest BCUT2D eigenvalue weighted by molar-refractivity contribution is 5.81. The number of hydrogen-bond donors (Lipinski definition) is 0. The van der Waals surface area contributed by atoms with Gasteiger partial charge in [-0.1, -0.05) is 12.1 Å². The molecule has 2 heterocycles. The summed E-state index contributed by atoms with van der Waals surface area (Å²) in [5, 5.41) is 0. The summed E-state index contributed by atoms with van der Waals surface area (Å²) < 4.78 is 13.5. The van der Waals surface area contributed by atoms with E-state index in [4.69, 9.17) is 9.47 Å². The molecule has 4 heteroatoms. The van der Waals surface area contributed by atoms with Crippen molar-refractivity contribution < 1.29 is 9.47 Å². The Labute approximate surface area is 171 Å². The van der Waals surface area contributed by atoms with E-state index < -0.39 is 0 Å². The van der Waals surface area contributed by atoms with Crippen molar-refractivity contribution in [1.82, 2.24) is 9.38 Å². The molecule has 148 valence electrons. The van der Waals surface area contributed by atoms with Gasteiger partial charge in [-0.2, -0.15) is 0 Å². The van der Waals surface area contributed by atoms with Crippen LogP contribution in [0, 0.1) is 0 Å². The molecule has 0 unspecified atom stereocenters. The number of hydrogen-bond acceptors (Lipinski definition) is 3. The molecular weight excluding hydrogens is 360 g/mol. The van der Waals surface area contributed by atoms with Crippen molar-refractivity contribution in [3.63, 3.8) is 0 Å². The molecule has 0 aliphatic rings. The summed E-state index contributed by atoms with van der Waals surface area (Å²) in [6.45, 7) is 8.12. The standard InChI is InChI=1S/C25H26N2O2/c1-17(2)28-22-9-5-19(6-10-22)21-13-14-27-16-26-25(24(27)15-21)20-7-11-23(12-8-20)29-18(3)4/h5-18H,1-4H3. The van der Waals surface area contributed by atoms with E-state index in [2.05, 4.69) is 47.6 Å². The van der Waals surface area contributed by atoms with Crippen LogP contribution in [0.15, 0.2) is 73.2 Å². The first-order valence-corrected chi connectivity index (χ1v) is 10.0. The SMILES string of the molecule is CC(C)Oc1ccc(-c2ccn3cnc(-c4ccc(OC(C)C)cc4)c3c2)cc1. The Hall–Kier alpha value is -3.27. The third kappa shape index (κ3) is 4.27. The highest BCUT2D eigenvalue weighted by Gasteiger charge is 2.10. The minimum atomic E-state index is 0.161. The molecular formula is C25H26N2O2. The number of imidazole rings is 1. The van der Waals surface area contributed by atoms with Crippen LogP contribution in [0.5, 0.6) is 11.5 Å². The van der Waals surface area contributed by atoms with E-state index in [0.717, 1.165) is 39.4 Å². The normalized spacial score (nSPS) is 11.4. The Bertz CT molecular complexity index is 1090. The molecule has 0 spiro atoms. The van der Waals surface area contributed by atoms with Gasteiger partial charge in [-0.15, -0.1) is 0 Å². The Kier molecular flexibility index (Phi) is 5.26. The number of benzene rings is 2. The average Bonchev–Trinajstić information content (AvgIpc) is 3.11. The summed E-state index contributed by atoms with van der Waals surface area (Å²) >= 11 is 0. The summed E-state index contributed by atoms with van der Waals surface area (Å²) in [7, 11) is 0. The summed E-state index contributed by atoms with van der Waals surface area (Å²) in [5.74, 6) is 1.76. The molecule has 4 nitrogen and oxygen atoms in total. The molecule has 0 saturated carbocycles. The second-order valence-corrected chi connectivity index (χ2v) is 7.68. The number of rotatable bonds is 6. The zero-order chi connectivity index (χ0) is 20.4. The van der Waals surface area contributed by atoms with E-state index in [-0.39, 0.29) is 12.2 Å². The first-order chi connectivity index (χ1) is 14.0. The van der Waals surface area contributed by atoms with Gasteiger partial charge in [0.25, 0.3) is 0 Å². The lowest BCUT2D eigenvalue weighted by Gasteiger charge is -2.11. The molecule has 2 aromatic carbocycles. The maximum Gasteiger partial charge on any atom is 0.119 e. The lowest BCUT2D eigenvalue weighted by molar-refractivity contribution is 0.242. The van der Waals surface area contributed by atoms with E-state index in [1.54, 1.807) is 0 Å². The molecule has 0 fully saturated rings. The van der Waals surface area contributed by atoms with Gasteiger partial charge in [0.05, 0.1) is 29.7 Å². The molecule has 0 N–H and O–H groups in total. The summed E-state index contributed by atoms with van der Waals surface area (Å²) in [6.07, 6.45) is 4.24. The van der Waals surface area contributed by atoms with Crippen LogP contribution >= 0.6 is 0 Å². The summed E-state index contributed by atoms with van der Waals surface area (Å²) in [6, 6.07) is 20.6. The van der Waals surface area contributed by atoms with Gasteiger partial charge in [0.15, 0.2) is 0 Å². The smallest absolute Gasteiger partial charge is 0.119 e. The zero-order valence-electron chi connectivity index (χ0n) is 17.3. The van der Waals surface area contributed by atoms with Crippen molar-refractivity contribution in [2.75, 3.05) is 0 Å². The number of aromatic nitrogens is 2. The third-order valence-electron chi connectivity index (χ3n) is 4.60. The minimum absolute atomic E-state index is 0.161. The minimum Gasteiger partial charge on any atom is -0.491 e. The van der Waals surface area contributed by atoms with E-state index in [0.29, 0.717) is 0 Å². The first kappa shape index (κ1) is 19.1. The van der Waals surface area contributed by atoms with Crippen LogP contribution in [0.3, 0.4) is 0 Å². The van der Waals surface area contributed by atoms with Crippen molar-refractivity contribution in [2.45, 2.75) is 39.9 Å². The fourth-order valence-electron chi connectivity index (χ4n) is 3.35. The Morgan fingerprint density at radius 2 is 1.24 bits per heavy atom. The topological polar surface area (TPSA) is 35.8 Å². The third-order valence-corrected chi connectivity index (χ3v) is 4.60. The van der Waals surface area contributed by atoms with E-state index in [1.165, 1.54) is 0 Å². The Morgan fingerprint density at radius 1 is 0.690 bits per heavy atom. The van der Waals surface area contributed by atoms with Gasteiger partial charge >= 0.3 is 0 Å². The van der Waals surface area contributed by atoms with Crippen LogP contribution in [0.2, 0.25) is 0 Å². The summed E-state index contributed by atoms with van der Waals surface area (Å²) in [5.41, 5.74) is 5.40. The maximum atomic E-state index is 5.75. The monoisotopic (exact) mass is 386 g/mol. The summed E-state index contributed by atoms with van der Waals surface area (Å²) in [4.78, 5) is 4.64. The van der Waals surface area contributed by atoms with E-state index in [9.17, 15) is 0 Å². The van der Waals surface area contributed by atoms with Gasteiger partial charge in [0.1, 0.15) is 11.5 Å². The van der Waals surface area contributed by atoms with Crippen molar-refractivity contribution in [3.05, 3.63) is 73.2 Å². The molecule has 4 aromatic rings. The molecule has 0 radical (unpaired) electrons. The Balaban J connectivity index is 1.66. The number of pyridine rings is 1. The highest BCUT2D eigenvalue weighted by Crippen LogP contribution is 2.29. The average molecular weight is 386 g/mol. The predicted octanol–water partition coefficient (Wildman–Crippen LogP) is 6.24. The largest absolute Gasteiger partial charge is 0.491 e.